The molecule has 1 amide bonds. The Labute approximate surface area is 176 Å². The molecule has 2 N–H and O–H groups in total. The van der Waals surface area contributed by atoms with E-state index in [4.69, 9.17) is 38.1 Å². The summed E-state index contributed by atoms with van der Waals surface area (Å²) in [4.78, 5) is 16.1. The molecule has 0 saturated heterocycles. The van der Waals surface area contributed by atoms with Crippen LogP contribution in [0.15, 0.2) is 77.2 Å². The Morgan fingerprint density at radius 3 is 2.17 bits per heavy atom. The van der Waals surface area contributed by atoms with Crippen LogP contribution in [0.4, 0.5) is 0 Å². The van der Waals surface area contributed by atoms with Crippen LogP contribution < -0.4 is 10.5 Å². The Bertz CT molecular complexity index is 1170. The van der Waals surface area contributed by atoms with Crippen molar-refractivity contribution in [1.82, 2.24) is 4.98 Å². The third-order valence-electron chi connectivity index (χ3n) is 4.12. The van der Waals surface area contributed by atoms with Gasteiger partial charge < -0.3 is 14.9 Å². The number of hydrogen-bond acceptors (Lipinski definition) is 4. The highest BCUT2D eigenvalue weighted by molar-refractivity contribution is 6.42. The summed E-state index contributed by atoms with van der Waals surface area (Å²) in [5.74, 6) is 1.17. The summed E-state index contributed by atoms with van der Waals surface area (Å²) in [6, 6.07) is 21.5. The first-order valence-electron chi connectivity index (χ1n) is 8.60. The fourth-order valence-electron chi connectivity index (χ4n) is 2.73. The minimum absolute atomic E-state index is 0.0167. The highest BCUT2D eigenvalue weighted by Crippen LogP contribution is 2.34. The van der Waals surface area contributed by atoms with Crippen molar-refractivity contribution in [3.05, 3.63) is 88.5 Å². The molecule has 0 aliphatic rings. The van der Waals surface area contributed by atoms with Crippen LogP contribution in [0.3, 0.4) is 0 Å². The van der Waals surface area contributed by atoms with Gasteiger partial charge in [0.05, 0.1) is 10.0 Å². The number of aromatic nitrogens is 1. The quantitative estimate of drug-likeness (QED) is 0.413. The molecule has 4 rings (SSSR count). The van der Waals surface area contributed by atoms with E-state index in [0.717, 1.165) is 5.75 Å². The normalized spacial score (nSPS) is 10.7. The van der Waals surface area contributed by atoms with Crippen LogP contribution in [0.25, 0.3) is 22.8 Å². The van der Waals surface area contributed by atoms with E-state index in [0.29, 0.717) is 26.9 Å². The summed E-state index contributed by atoms with van der Waals surface area (Å²) in [6.07, 6.45) is 0. The second-order valence-corrected chi connectivity index (χ2v) is 6.94. The molecule has 0 spiro atoms. The first-order valence-corrected chi connectivity index (χ1v) is 9.36. The van der Waals surface area contributed by atoms with Gasteiger partial charge in [-0.3, -0.25) is 4.79 Å². The molecular weight excluding hydrogens is 411 g/mol. The molecule has 4 aromatic rings. The third-order valence-corrected chi connectivity index (χ3v) is 4.86. The number of rotatable bonds is 5. The van der Waals surface area contributed by atoms with E-state index in [2.05, 4.69) is 4.98 Å². The molecule has 3 aromatic carbocycles. The number of amides is 1. The van der Waals surface area contributed by atoms with Gasteiger partial charge in [-0.2, -0.15) is 0 Å². The average Bonchev–Trinajstić information content (AvgIpc) is 3.17. The van der Waals surface area contributed by atoms with Crippen molar-refractivity contribution in [3.8, 4) is 34.3 Å². The fraction of sp³-hybridized carbons (Fsp3) is 0. The Morgan fingerprint density at radius 1 is 0.862 bits per heavy atom. The zero-order valence-corrected chi connectivity index (χ0v) is 16.4. The lowest BCUT2D eigenvalue weighted by molar-refractivity contribution is 0.0996. The smallest absolute Gasteiger partial charge is 0.271 e. The summed E-state index contributed by atoms with van der Waals surface area (Å²) in [6.45, 7) is 0. The number of nitrogens with two attached hydrogens (primary N) is 1. The Kier molecular flexibility index (Phi) is 5.25. The number of hydrogen-bond donors (Lipinski definition) is 1. The number of carbonyl (C=O) groups excluding carboxylic acids is 1. The minimum atomic E-state index is -0.704. The number of ether oxygens (including phenoxy) is 1. The molecule has 0 atom stereocenters. The van der Waals surface area contributed by atoms with E-state index in [1.807, 2.05) is 30.3 Å². The highest BCUT2D eigenvalue weighted by Gasteiger charge is 2.21. The first-order chi connectivity index (χ1) is 14.0. The van der Waals surface area contributed by atoms with Gasteiger partial charge in [-0.25, -0.2) is 4.98 Å². The monoisotopic (exact) mass is 424 g/mol. The number of carbonyl (C=O) groups is 1. The lowest BCUT2D eigenvalue weighted by Gasteiger charge is -2.05. The first kappa shape index (κ1) is 19.1. The zero-order chi connectivity index (χ0) is 20.4. The number of halogens is 2. The molecular formula is C22H14Cl2N2O3. The maximum absolute atomic E-state index is 11.9. The van der Waals surface area contributed by atoms with E-state index in [9.17, 15) is 4.79 Å². The summed E-state index contributed by atoms with van der Waals surface area (Å²) in [5, 5.41) is 0.727. The number of para-hydroxylation sites is 1. The largest absolute Gasteiger partial charge is 0.457 e. The van der Waals surface area contributed by atoms with E-state index >= 15 is 0 Å². The maximum Gasteiger partial charge on any atom is 0.271 e. The Morgan fingerprint density at radius 2 is 1.52 bits per heavy atom. The van der Waals surface area contributed by atoms with Crippen LogP contribution in [-0.4, -0.2) is 10.9 Å². The number of oxazole rings is 1. The van der Waals surface area contributed by atoms with Crippen LogP contribution >= 0.6 is 23.2 Å². The predicted molar refractivity (Wildman–Crippen MR) is 112 cm³/mol. The van der Waals surface area contributed by atoms with Crippen molar-refractivity contribution in [1.29, 1.82) is 0 Å². The van der Waals surface area contributed by atoms with E-state index < -0.39 is 5.91 Å². The van der Waals surface area contributed by atoms with Gasteiger partial charge in [0.25, 0.3) is 5.91 Å². The van der Waals surface area contributed by atoms with Crippen molar-refractivity contribution < 1.29 is 13.9 Å². The lowest BCUT2D eigenvalue weighted by atomic mass is 10.1. The highest BCUT2D eigenvalue weighted by atomic mass is 35.5. The second-order valence-electron chi connectivity index (χ2n) is 6.13. The molecule has 0 aliphatic heterocycles. The molecule has 1 heterocycles. The van der Waals surface area contributed by atoms with Crippen molar-refractivity contribution in [2.45, 2.75) is 0 Å². The van der Waals surface area contributed by atoms with Crippen LogP contribution in [0.2, 0.25) is 10.0 Å². The van der Waals surface area contributed by atoms with Gasteiger partial charge in [0.1, 0.15) is 11.5 Å². The van der Waals surface area contributed by atoms with E-state index in [-0.39, 0.29) is 17.3 Å². The van der Waals surface area contributed by atoms with Crippen molar-refractivity contribution in [2.24, 2.45) is 5.73 Å². The predicted octanol–water partition coefficient (Wildman–Crippen LogP) is 6.21. The molecule has 1 aromatic heterocycles. The molecule has 7 heteroatoms. The molecule has 144 valence electrons. The Balaban J connectivity index is 1.66. The maximum atomic E-state index is 11.9. The van der Waals surface area contributed by atoms with Gasteiger partial charge in [-0.05, 0) is 54.6 Å². The molecule has 0 aliphatic carbocycles. The van der Waals surface area contributed by atoms with E-state index in [1.165, 1.54) is 0 Å². The zero-order valence-electron chi connectivity index (χ0n) is 14.9. The third kappa shape index (κ3) is 4.11. The standard InChI is InChI=1S/C22H14Cl2N2O3/c23-17-11-8-14(12-18(17)24)20-19(21(25)27)26-22(29-20)13-6-9-16(10-7-13)28-15-4-2-1-3-5-15/h1-12H,(H2,25,27). The molecule has 0 radical (unpaired) electrons. The second kappa shape index (κ2) is 7.99. The fourth-order valence-corrected chi connectivity index (χ4v) is 3.03. The van der Waals surface area contributed by atoms with Crippen LogP contribution in [0.1, 0.15) is 10.5 Å². The van der Waals surface area contributed by atoms with Crippen molar-refractivity contribution in [3.63, 3.8) is 0 Å². The summed E-state index contributed by atoms with van der Waals surface area (Å²) in [7, 11) is 0. The molecule has 5 nitrogen and oxygen atoms in total. The van der Waals surface area contributed by atoms with Crippen LogP contribution in [0.5, 0.6) is 11.5 Å². The van der Waals surface area contributed by atoms with Gasteiger partial charge in [0.15, 0.2) is 11.5 Å². The number of primary amides is 1. The van der Waals surface area contributed by atoms with Gasteiger partial charge in [0.2, 0.25) is 5.89 Å². The van der Waals surface area contributed by atoms with Gasteiger partial charge in [-0.15, -0.1) is 0 Å². The van der Waals surface area contributed by atoms with Crippen LogP contribution in [0, 0.1) is 0 Å². The molecule has 0 bridgehead atoms. The minimum Gasteiger partial charge on any atom is -0.457 e. The molecule has 0 saturated carbocycles. The molecule has 29 heavy (non-hydrogen) atoms. The summed E-state index contributed by atoms with van der Waals surface area (Å²) >= 11 is 12.0. The molecule has 0 fully saturated rings. The van der Waals surface area contributed by atoms with Gasteiger partial charge in [-0.1, -0.05) is 41.4 Å². The van der Waals surface area contributed by atoms with Gasteiger partial charge >= 0.3 is 0 Å². The summed E-state index contributed by atoms with van der Waals surface area (Å²) < 4.78 is 11.6. The van der Waals surface area contributed by atoms with Crippen molar-refractivity contribution in [2.75, 3.05) is 0 Å². The lowest BCUT2D eigenvalue weighted by Crippen LogP contribution is -2.12. The number of nitrogens with zero attached hydrogens (tertiary/aromatic N) is 1. The summed E-state index contributed by atoms with van der Waals surface area (Å²) in [5.41, 5.74) is 6.72. The SMILES string of the molecule is NC(=O)c1nc(-c2ccc(Oc3ccccc3)cc2)oc1-c1ccc(Cl)c(Cl)c1. The van der Waals surface area contributed by atoms with Gasteiger partial charge in [0, 0.05) is 11.1 Å². The van der Waals surface area contributed by atoms with E-state index in [1.54, 1.807) is 42.5 Å². The number of benzene rings is 3. The van der Waals surface area contributed by atoms with Crippen LogP contribution in [-0.2, 0) is 0 Å². The Hall–Kier alpha value is -3.28. The van der Waals surface area contributed by atoms with Crippen molar-refractivity contribution >= 4 is 29.1 Å². The topological polar surface area (TPSA) is 78.4 Å². The molecule has 0 unspecified atom stereocenters. The average molecular weight is 425 g/mol.